The van der Waals surface area contributed by atoms with Crippen LogP contribution in [0.1, 0.15) is 39.7 Å². The molecule has 2 aromatic carbocycles. The molecule has 0 bridgehead atoms. The molecule has 2 atom stereocenters. The van der Waals surface area contributed by atoms with E-state index in [4.69, 9.17) is 14.4 Å². The van der Waals surface area contributed by atoms with Gasteiger partial charge in [0.05, 0.1) is 12.5 Å². The lowest BCUT2D eigenvalue weighted by Gasteiger charge is -2.14. The Morgan fingerprint density at radius 2 is 1.71 bits per heavy atom. The summed E-state index contributed by atoms with van der Waals surface area (Å²) in [6.07, 6.45) is -0.0401. The van der Waals surface area contributed by atoms with Crippen molar-refractivity contribution in [3.05, 3.63) is 77.2 Å². The number of ether oxygens (including phenoxy) is 1. The van der Waals surface area contributed by atoms with E-state index in [9.17, 15) is 14.4 Å². The molecule has 174 valence electrons. The first-order valence-electron chi connectivity index (χ1n) is 11.1. The van der Waals surface area contributed by atoms with Gasteiger partial charge >= 0.3 is 12.1 Å². The first-order valence-corrected chi connectivity index (χ1v) is 11.1. The van der Waals surface area contributed by atoms with Crippen LogP contribution in [0.2, 0.25) is 0 Å². The van der Waals surface area contributed by atoms with Crippen molar-refractivity contribution >= 4 is 18.0 Å². The molecule has 0 radical (unpaired) electrons. The maximum Gasteiger partial charge on any atom is 0.407 e. The zero-order valence-electron chi connectivity index (χ0n) is 18.2. The third-order valence-electron chi connectivity index (χ3n) is 6.31. The molecular formula is C25H23N3O6. The molecule has 2 amide bonds. The van der Waals surface area contributed by atoms with Crippen molar-refractivity contribution in [3.8, 4) is 11.1 Å². The number of carboxylic acid groups (broad SMARTS) is 1. The Hall–Kier alpha value is -4.14. The van der Waals surface area contributed by atoms with Crippen LogP contribution in [0.15, 0.2) is 59.1 Å². The molecule has 2 aliphatic rings. The summed E-state index contributed by atoms with van der Waals surface area (Å²) in [7, 11) is 0. The zero-order chi connectivity index (χ0) is 23.7. The number of nitrogens with zero attached hydrogens (tertiary/aromatic N) is 1. The van der Waals surface area contributed by atoms with E-state index < -0.39 is 23.9 Å². The number of benzene rings is 2. The minimum atomic E-state index is -0.845. The summed E-state index contributed by atoms with van der Waals surface area (Å²) in [5.74, 6) is -1.48. The van der Waals surface area contributed by atoms with E-state index in [1.54, 1.807) is 0 Å². The van der Waals surface area contributed by atoms with Crippen LogP contribution >= 0.6 is 0 Å². The quantitative estimate of drug-likeness (QED) is 0.470. The molecule has 0 aliphatic heterocycles. The third kappa shape index (κ3) is 4.36. The molecule has 2 aliphatic carbocycles. The van der Waals surface area contributed by atoms with Crippen LogP contribution in [-0.2, 0) is 16.1 Å². The van der Waals surface area contributed by atoms with Gasteiger partial charge in [-0.3, -0.25) is 9.59 Å². The van der Waals surface area contributed by atoms with E-state index in [2.05, 4.69) is 27.9 Å². The molecule has 1 fully saturated rings. The fourth-order valence-electron chi connectivity index (χ4n) is 4.40. The number of alkyl carbamates (subject to hydrolysis) is 1. The number of hydrogen-bond acceptors (Lipinski definition) is 6. The Balaban J connectivity index is 1.11. The smallest absolute Gasteiger partial charge is 0.407 e. The molecule has 5 rings (SSSR count). The highest BCUT2D eigenvalue weighted by Crippen LogP contribution is 2.44. The number of carbonyl (C=O) groups excluding carboxylic acids is 2. The molecule has 3 N–H and O–H groups in total. The van der Waals surface area contributed by atoms with Crippen molar-refractivity contribution in [2.45, 2.75) is 18.9 Å². The van der Waals surface area contributed by atoms with Gasteiger partial charge in [-0.05, 0) is 34.6 Å². The van der Waals surface area contributed by atoms with Gasteiger partial charge in [0, 0.05) is 18.5 Å². The maximum absolute atomic E-state index is 12.3. The molecule has 3 aromatic rings. The van der Waals surface area contributed by atoms with E-state index in [0.29, 0.717) is 12.2 Å². The number of aliphatic carboxylic acids is 1. The Bertz CT molecular complexity index is 1210. The molecule has 0 unspecified atom stereocenters. The average molecular weight is 461 g/mol. The molecule has 1 heterocycles. The van der Waals surface area contributed by atoms with Crippen LogP contribution in [-0.4, -0.2) is 41.4 Å². The minimum Gasteiger partial charge on any atom is -0.481 e. The summed E-state index contributed by atoms with van der Waals surface area (Å²) in [6, 6.07) is 17.6. The SMILES string of the molecule is O=C(NCc1cc(C(=O)NC[C@@H]2C[C@@H]2C(=O)O)no1)OCC1c2ccccc2-c2ccccc21. The monoisotopic (exact) mass is 461 g/mol. The number of aromatic nitrogens is 1. The number of rotatable bonds is 8. The van der Waals surface area contributed by atoms with Crippen molar-refractivity contribution in [2.75, 3.05) is 13.2 Å². The summed E-state index contributed by atoms with van der Waals surface area (Å²) in [5, 5.41) is 17.9. The average Bonchev–Trinajstić information content (AvgIpc) is 3.36. The molecule has 34 heavy (non-hydrogen) atoms. The van der Waals surface area contributed by atoms with E-state index in [1.165, 1.54) is 6.07 Å². The highest BCUT2D eigenvalue weighted by atomic mass is 16.5. The molecule has 1 aromatic heterocycles. The van der Waals surface area contributed by atoms with Crippen molar-refractivity contribution in [1.29, 1.82) is 0 Å². The van der Waals surface area contributed by atoms with Gasteiger partial charge in [0.1, 0.15) is 6.61 Å². The van der Waals surface area contributed by atoms with Crippen molar-refractivity contribution in [2.24, 2.45) is 11.8 Å². The second kappa shape index (κ2) is 9.01. The summed E-state index contributed by atoms with van der Waals surface area (Å²) < 4.78 is 10.6. The van der Waals surface area contributed by atoms with E-state index in [-0.39, 0.29) is 37.2 Å². The second-order valence-corrected chi connectivity index (χ2v) is 8.51. The Labute approximate surface area is 195 Å². The van der Waals surface area contributed by atoms with Gasteiger partial charge in [-0.25, -0.2) is 4.79 Å². The van der Waals surface area contributed by atoms with E-state index >= 15 is 0 Å². The zero-order valence-corrected chi connectivity index (χ0v) is 18.2. The standard InChI is InChI=1S/C25H23N3O6/c29-23(26-11-14-9-20(14)24(30)31)22-10-15(34-28-22)12-27-25(32)33-13-21-18-7-3-1-5-16(18)17-6-2-4-8-19(17)21/h1-8,10,14,20-21H,9,11-13H2,(H,26,29)(H,27,32)(H,30,31)/t14-,20-/m0/s1. The Morgan fingerprint density at radius 3 is 2.35 bits per heavy atom. The number of amides is 2. The summed E-state index contributed by atoms with van der Waals surface area (Å²) in [6.45, 7) is 0.485. The van der Waals surface area contributed by atoms with Crippen LogP contribution in [0, 0.1) is 11.8 Å². The minimum absolute atomic E-state index is 0.0146. The van der Waals surface area contributed by atoms with Gasteiger partial charge in [-0.15, -0.1) is 0 Å². The largest absolute Gasteiger partial charge is 0.481 e. The maximum atomic E-state index is 12.3. The van der Waals surface area contributed by atoms with E-state index in [0.717, 1.165) is 22.3 Å². The summed E-state index contributed by atoms with van der Waals surface area (Å²) in [4.78, 5) is 35.3. The lowest BCUT2D eigenvalue weighted by Crippen LogP contribution is -2.27. The number of hydrogen-bond donors (Lipinski definition) is 3. The third-order valence-corrected chi connectivity index (χ3v) is 6.31. The highest BCUT2D eigenvalue weighted by Gasteiger charge is 2.43. The fraction of sp³-hybridized carbons (Fsp3) is 0.280. The van der Waals surface area contributed by atoms with Crippen molar-refractivity contribution in [3.63, 3.8) is 0 Å². The Morgan fingerprint density at radius 1 is 1.03 bits per heavy atom. The van der Waals surface area contributed by atoms with E-state index in [1.807, 2.05) is 36.4 Å². The fourth-order valence-corrected chi connectivity index (χ4v) is 4.40. The topological polar surface area (TPSA) is 131 Å². The van der Waals surface area contributed by atoms with Gasteiger partial charge in [-0.2, -0.15) is 0 Å². The van der Waals surface area contributed by atoms with Crippen LogP contribution in [0.5, 0.6) is 0 Å². The van der Waals surface area contributed by atoms with Crippen LogP contribution in [0.3, 0.4) is 0 Å². The normalized spacial score (nSPS) is 18.0. The first kappa shape index (κ1) is 21.7. The van der Waals surface area contributed by atoms with Gasteiger partial charge in [0.25, 0.3) is 5.91 Å². The molecule has 0 saturated heterocycles. The van der Waals surface area contributed by atoms with Gasteiger partial charge in [0.2, 0.25) is 0 Å². The number of carbonyl (C=O) groups is 3. The summed E-state index contributed by atoms with van der Waals surface area (Å²) in [5.41, 5.74) is 4.63. The van der Waals surface area contributed by atoms with Crippen molar-refractivity contribution < 1.29 is 28.8 Å². The Kier molecular flexibility index (Phi) is 5.75. The molecule has 1 saturated carbocycles. The molecule has 0 spiro atoms. The number of nitrogens with one attached hydrogen (secondary N) is 2. The molecule has 9 nitrogen and oxygen atoms in total. The van der Waals surface area contributed by atoms with Crippen LogP contribution in [0.25, 0.3) is 11.1 Å². The predicted molar refractivity (Wildman–Crippen MR) is 120 cm³/mol. The first-order chi connectivity index (χ1) is 16.5. The number of carboxylic acids is 1. The lowest BCUT2D eigenvalue weighted by atomic mass is 9.98. The highest BCUT2D eigenvalue weighted by molar-refractivity contribution is 5.92. The van der Waals surface area contributed by atoms with Crippen molar-refractivity contribution in [1.82, 2.24) is 15.8 Å². The van der Waals surface area contributed by atoms with Crippen LogP contribution < -0.4 is 10.6 Å². The molecular weight excluding hydrogens is 438 g/mol. The predicted octanol–water partition coefficient (Wildman–Crippen LogP) is 3.16. The second-order valence-electron chi connectivity index (χ2n) is 8.51. The van der Waals surface area contributed by atoms with Crippen LogP contribution in [0.4, 0.5) is 4.79 Å². The number of fused-ring (bicyclic) bond motifs is 3. The molecule has 9 heteroatoms. The van der Waals surface area contributed by atoms with Gasteiger partial charge in [-0.1, -0.05) is 53.7 Å². The van der Waals surface area contributed by atoms with Gasteiger partial charge in [0.15, 0.2) is 11.5 Å². The lowest BCUT2D eigenvalue weighted by molar-refractivity contribution is -0.138. The van der Waals surface area contributed by atoms with Gasteiger partial charge < -0.3 is 25.0 Å². The summed E-state index contributed by atoms with van der Waals surface area (Å²) >= 11 is 0.